The van der Waals surface area contributed by atoms with Gasteiger partial charge in [0.25, 0.3) is 0 Å². The van der Waals surface area contributed by atoms with Gasteiger partial charge in [-0.15, -0.1) is 0 Å². The molecule has 4 nitrogen and oxygen atoms in total. The Balaban J connectivity index is 1.98. The summed E-state index contributed by atoms with van der Waals surface area (Å²) in [4.78, 5) is -0.115. The third-order valence-electron chi connectivity index (χ3n) is 3.79. The fourth-order valence-electron chi connectivity index (χ4n) is 2.30. The second kappa shape index (κ2) is 7.77. The number of halogens is 1. The fourth-order valence-corrected chi connectivity index (χ4v) is 3.34. The van der Waals surface area contributed by atoms with Crippen LogP contribution in [0.4, 0.5) is 4.39 Å². The molecule has 0 aromatic heterocycles. The Hall–Kier alpha value is -1.92. The van der Waals surface area contributed by atoms with Crippen LogP contribution in [-0.4, -0.2) is 22.1 Å². The Labute approximate surface area is 142 Å². The molecule has 0 aliphatic heterocycles. The topological polar surface area (TPSA) is 55.4 Å². The normalized spacial score (nSPS) is 11.7. The lowest BCUT2D eigenvalue weighted by Gasteiger charge is -2.09. The maximum absolute atomic E-state index is 13.7. The summed E-state index contributed by atoms with van der Waals surface area (Å²) < 4.78 is 45.3. The first-order valence-corrected chi connectivity index (χ1v) is 9.24. The molecule has 2 aromatic carbocycles. The smallest absolute Gasteiger partial charge is 0.240 e. The van der Waals surface area contributed by atoms with Gasteiger partial charge >= 0.3 is 0 Å². The largest absolute Gasteiger partial charge is 0.494 e. The van der Waals surface area contributed by atoms with Crippen molar-refractivity contribution in [1.29, 1.82) is 0 Å². The van der Waals surface area contributed by atoms with Gasteiger partial charge in [0.05, 0.1) is 12.0 Å². The van der Waals surface area contributed by atoms with Crippen molar-refractivity contribution < 1.29 is 17.5 Å². The molecule has 0 amide bonds. The average molecular weight is 351 g/mol. The van der Waals surface area contributed by atoms with Crippen LogP contribution in [0.5, 0.6) is 5.75 Å². The molecule has 1 N–H and O–H groups in total. The number of hydrogen-bond donors (Lipinski definition) is 1. The predicted molar refractivity (Wildman–Crippen MR) is 92.4 cm³/mol. The summed E-state index contributed by atoms with van der Waals surface area (Å²) in [5.41, 5.74) is 2.29. The number of hydrogen-bond acceptors (Lipinski definition) is 3. The van der Waals surface area contributed by atoms with E-state index in [4.69, 9.17) is 4.74 Å². The zero-order chi connectivity index (χ0) is 17.7. The second-order valence-electron chi connectivity index (χ2n) is 5.84. The van der Waals surface area contributed by atoms with E-state index >= 15 is 0 Å². The molecule has 0 radical (unpaired) electrons. The molecule has 0 saturated carbocycles. The van der Waals surface area contributed by atoms with Crippen molar-refractivity contribution >= 4 is 10.0 Å². The molecule has 24 heavy (non-hydrogen) atoms. The van der Waals surface area contributed by atoms with Crippen LogP contribution in [0.15, 0.2) is 47.4 Å². The van der Waals surface area contributed by atoms with Crippen LogP contribution >= 0.6 is 0 Å². The van der Waals surface area contributed by atoms with Gasteiger partial charge in [-0.1, -0.05) is 38.1 Å². The molecule has 6 heteroatoms. The van der Waals surface area contributed by atoms with Crippen molar-refractivity contribution in [2.24, 2.45) is 0 Å². The zero-order valence-electron chi connectivity index (χ0n) is 14.0. The lowest BCUT2D eigenvalue weighted by Crippen LogP contribution is -2.26. The maximum Gasteiger partial charge on any atom is 0.240 e. The molecule has 0 aliphatic rings. The highest BCUT2D eigenvalue weighted by Gasteiger charge is 2.16. The highest BCUT2D eigenvalue weighted by molar-refractivity contribution is 7.89. The number of nitrogens with one attached hydrogen (secondary N) is 1. The predicted octanol–water partition coefficient (Wildman–Crippen LogP) is 3.48. The molecular weight excluding hydrogens is 329 g/mol. The first kappa shape index (κ1) is 18.4. The van der Waals surface area contributed by atoms with Gasteiger partial charge in [-0.05, 0) is 41.7 Å². The quantitative estimate of drug-likeness (QED) is 0.831. The summed E-state index contributed by atoms with van der Waals surface area (Å²) in [7, 11) is -2.42. The van der Waals surface area contributed by atoms with Gasteiger partial charge in [-0.2, -0.15) is 0 Å². The van der Waals surface area contributed by atoms with Gasteiger partial charge in [0.15, 0.2) is 11.6 Å². The van der Waals surface area contributed by atoms with Crippen LogP contribution < -0.4 is 9.46 Å². The molecule has 0 aliphatic carbocycles. The molecule has 0 fully saturated rings. The van der Waals surface area contributed by atoms with Crippen LogP contribution in [0.25, 0.3) is 0 Å². The molecule has 0 heterocycles. The summed E-state index contributed by atoms with van der Waals surface area (Å²) in [6.45, 7) is 4.49. The Morgan fingerprint density at radius 3 is 2.33 bits per heavy atom. The fraction of sp³-hybridized carbons (Fsp3) is 0.333. The van der Waals surface area contributed by atoms with E-state index in [1.165, 1.54) is 24.8 Å². The molecule has 0 atom stereocenters. The highest BCUT2D eigenvalue weighted by Crippen LogP contribution is 2.20. The molecule has 2 rings (SSSR count). The molecule has 2 aromatic rings. The summed E-state index contributed by atoms with van der Waals surface area (Å²) >= 11 is 0. The van der Waals surface area contributed by atoms with E-state index in [0.717, 1.165) is 11.6 Å². The average Bonchev–Trinajstić information content (AvgIpc) is 2.55. The maximum atomic E-state index is 13.7. The van der Waals surface area contributed by atoms with E-state index in [9.17, 15) is 12.8 Å². The van der Waals surface area contributed by atoms with Crippen molar-refractivity contribution in [3.63, 3.8) is 0 Å². The van der Waals surface area contributed by atoms with Crippen molar-refractivity contribution in [2.45, 2.75) is 31.1 Å². The highest BCUT2D eigenvalue weighted by atomic mass is 32.2. The molecule has 0 unspecified atom stereocenters. The minimum absolute atomic E-state index is 0.0131. The Bertz CT molecular complexity index is 786. The van der Waals surface area contributed by atoms with Gasteiger partial charge in [-0.3, -0.25) is 0 Å². The van der Waals surface area contributed by atoms with E-state index < -0.39 is 15.8 Å². The van der Waals surface area contributed by atoms with Crippen molar-refractivity contribution in [2.75, 3.05) is 13.7 Å². The SMILES string of the molecule is COc1ccc(S(=O)(=O)NCCc2ccc(C(C)C)cc2)cc1F. The summed E-state index contributed by atoms with van der Waals surface area (Å²) in [5.74, 6) is -0.230. The standard InChI is InChI=1S/C18H22FNO3S/c1-13(2)15-6-4-14(5-7-15)10-11-20-24(21,22)16-8-9-18(23-3)17(19)12-16/h4-9,12-13,20H,10-11H2,1-3H3. The Morgan fingerprint density at radius 2 is 1.79 bits per heavy atom. The zero-order valence-corrected chi connectivity index (χ0v) is 14.9. The van der Waals surface area contributed by atoms with Crippen molar-refractivity contribution in [3.05, 3.63) is 59.4 Å². The molecule has 0 saturated heterocycles. The van der Waals surface area contributed by atoms with Gasteiger partial charge in [0, 0.05) is 6.54 Å². The Kier molecular flexibility index (Phi) is 5.96. The third kappa shape index (κ3) is 4.55. The molecule has 0 bridgehead atoms. The third-order valence-corrected chi connectivity index (χ3v) is 5.24. The molecule has 130 valence electrons. The lowest BCUT2D eigenvalue weighted by atomic mass is 10.0. The second-order valence-corrected chi connectivity index (χ2v) is 7.61. The number of ether oxygens (including phenoxy) is 1. The molecule has 0 spiro atoms. The number of rotatable bonds is 7. The van der Waals surface area contributed by atoms with E-state index in [-0.39, 0.29) is 17.2 Å². The lowest BCUT2D eigenvalue weighted by molar-refractivity contribution is 0.385. The first-order valence-electron chi connectivity index (χ1n) is 7.75. The monoisotopic (exact) mass is 351 g/mol. The van der Waals surface area contributed by atoms with E-state index in [1.807, 2.05) is 24.3 Å². The Morgan fingerprint density at radius 1 is 1.12 bits per heavy atom. The van der Waals surface area contributed by atoms with E-state index in [1.54, 1.807) is 0 Å². The van der Waals surface area contributed by atoms with Crippen LogP contribution in [0, 0.1) is 5.82 Å². The van der Waals surface area contributed by atoms with Crippen molar-refractivity contribution in [1.82, 2.24) is 4.72 Å². The summed E-state index contributed by atoms with van der Waals surface area (Å²) in [5, 5.41) is 0. The van der Waals surface area contributed by atoms with Crippen molar-refractivity contribution in [3.8, 4) is 5.75 Å². The molecular formula is C18H22FNO3S. The number of benzene rings is 2. The van der Waals surface area contributed by atoms with Gasteiger partial charge in [-0.25, -0.2) is 17.5 Å². The van der Waals surface area contributed by atoms with Gasteiger partial charge in [0.2, 0.25) is 10.0 Å². The number of sulfonamides is 1. The van der Waals surface area contributed by atoms with E-state index in [2.05, 4.69) is 18.6 Å². The first-order chi connectivity index (χ1) is 11.3. The minimum atomic E-state index is -3.75. The van der Waals surface area contributed by atoms with Crippen LogP contribution in [0.2, 0.25) is 0 Å². The summed E-state index contributed by atoms with van der Waals surface area (Å²) in [6.07, 6.45) is 0.566. The van der Waals surface area contributed by atoms with Gasteiger partial charge < -0.3 is 4.74 Å². The number of methoxy groups -OCH3 is 1. The van der Waals surface area contributed by atoms with Gasteiger partial charge in [0.1, 0.15) is 0 Å². The minimum Gasteiger partial charge on any atom is -0.494 e. The summed E-state index contributed by atoms with van der Waals surface area (Å²) in [6, 6.07) is 11.7. The van der Waals surface area contributed by atoms with Crippen LogP contribution in [0.3, 0.4) is 0 Å². The van der Waals surface area contributed by atoms with E-state index in [0.29, 0.717) is 12.3 Å². The van der Waals surface area contributed by atoms with Crippen LogP contribution in [-0.2, 0) is 16.4 Å². The van der Waals surface area contributed by atoms with Crippen LogP contribution in [0.1, 0.15) is 30.9 Å².